The lowest BCUT2D eigenvalue weighted by atomic mass is 10.4. The molecule has 4 nitrogen and oxygen atoms in total. The average Bonchev–Trinajstić information content (AvgIpc) is 2.48. The van der Waals surface area contributed by atoms with Gasteiger partial charge in [0.1, 0.15) is 0 Å². The first-order chi connectivity index (χ1) is 5.66. The zero-order valence-electron chi connectivity index (χ0n) is 6.70. The molecule has 0 saturated carbocycles. The van der Waals surface area contributed by atoms with E-state index in [-0.39, 0.29) is 10.8 Å². The van der Waals surface area contributed by atoms with Gasteiger partial charge in [0, 0.05) is 7.05 Å². The normalized spacial score (nSPS) is 9.92. The van der Waals surface area contributed by atoms with Crippen molar-refractivity contribution in [3.05, 3.63) is 23.1 Å². The van der Waals surface area contributed by atoms with Crippen molar-refractivity contribution in [1.82, 2.24) is 5.06 Å². The number of furan rings is 1. The monoisotopic (exact) mass is 189 g/mol. The van der Waals surface area contributed by atoms with Crippen LogP contribution < -0.4 is 0 Å². The first kappa shape index (κ1) is 9.09. The number of hydrogen-bond acceptors (Lipinski definition) is 3. The van der Waals surface area contributed by atoms with Gasteiger partial charge in [0.15, 0.2) is 0 Å². The number of hydrogen-bond donors (Lipinski definition) is 0. The van der Waals surface area contributed by atoms with Gasteiger partial charge in [0.05, 0.1) is 18.4 Å². The van der Waals surface area contributed by atoms with E-state index in [9.17, 15) is 4.79 Å². The van der Waals surface area contributed by atoms with Crippen LogP contribution in [0.5, 0.6) is 0 Å². The Labute approximate surface area is 74.6 Å². The van der Waals surface area contributed by atoms with Gasteiger partial charge in [-0.1, -0.05) is 11.6 Å². The first-order valence-electron chi connectivity index (χ1n) is 3.22. The predicted octanol–water partition coefficient (Wildman–Crippen LogP) is 1.57. The molecule has 1 heterocycles. The maximum absolute atomic E-state index is 11.3. The summed E-state index contributed by atoms with van der Waals surface area (Å²) in [5.74, 6) is -0.325. The van der Waals surface area contributed by atoms with Crippen molar-refractivity contribution in [1.29, 1.82) is 0 Å². The number of carbonyl (C=O) groups is 1. The van der Waals surface area contributed by atoms with Gasteiger partial charge < -0.3 is 4.42 Å². The maximum atomic E-state index is 11.3. The highest BCUT2D eigenvalue weighted by molar-refractivity contribution is 6.33. The molecule has 66 valence electrons. The topological polar surface area (TPSA) is 42.7 Å². The van der Waals surface area contributed by atoms with Crippen molar-refractivity contribution in [2.45, 2.75) is 0 Å². The van der Waals surface area contributed by atoms with E-state index in [0.717, 1.165) is 5.06 Å². The molecule has 0 aliphatic heterocycles. The molecule has 0 fully saturated rings. The van der Waals surface area contributed by atoms with Crippen LogP contribution in [0.1, 0.15) is 10.6 Å². The van der Waals surface area contributed by atoms with Crippen LogP contribution in [0.25, 0.3) is 0 Å². The summed E-state index contributed by atoms with van der Waals surface area (Å²) >= 11 is 5.64. The summed E-state index contributed by atoms with van der Waals surface area (Å²) < 4.78 is 4.85. The van der Waals surface area contributed by atoms with Crippen molar-refractivity contribution < 1.29 is 14.0 Å². The van der Waals surface area contributed by atoms with Gasteiger partial charge in [-0.3, -0.25) is 9.63 Å². The SMILES string of the molecule is CON(C)C(=O)c1occc1Cl. The minimum absolute atomic E-state index is 0.0843. The molecule has 0 saturated heterocycles. The Morgan fingerprint density at radius 1 is 1.75 bits per heavy atom. The third kappa shape index (κ3) is 1.60. The highest BCUT2D eigenvalue weighted by Gasteiger charge is 2.17. The summed E-state index contributed by atoms with van der Waals surface area (Å²) in [6.45, 7) is 0. The number of nitrogens with zero attached hydrogens (tertiary/aromatic N) is 1. The van der Waals surface area contributed by atoms with Crippen molar-refractivity contribution in [2.75, 3.05) is 14.2 Å². The van der Waals surface area contributed by atoms with Gasteiger partial charge in [0.25, 0.3) is 0 Å². The van der Waals surface area contributed by atoms with Crippen LogP contribution in [0, 0.1) is 0 Å². The van der Waals surface area contributed by atoms with Crippen molar-refractivity contribution in [3.63, 3.8) is 0 Å². The minimum Gasteiger partial charge on any atom is -0.457 e. The molecule has 12 heavy (non-hydrogen) atoms. The van der Waals surface area contributed by atoms with Crippen LogP contribution in [0.15, 0.2) is 16.7 Å². The van der Waals surface area contributed by atoms with Gasteiger partial charge in [-0.25, -0.2) is 5.06 Å². The molecule has 0 aliphatic carbocycles. The molecule has 0 radical (unpaired) electrons. The molecule has 5 heteroatoms. The quantitative estimate of drug-likeness (QED) is 0.664. The Morgan fingerprint density at radius 3 is 2.83 bits per heavy atom. The number of rotatable bonds is 2. The van der Waals surface area contributed by atoms with Crippen LogP contribution in [-0.2, 0) is 4.84 Å². The van der Waals surface area contributed by atoms with E-state index in [1.54, 1.807) is 0 Å². The summed E-state index contributed by atoms with van der Waals surface area (Å²) in [5.41, 5.74) is 0. The lowest BCUT2D eigenvalue weighted by Crippen LogP contribution is -2.25. The first-order valence-corrected chi connectivity index (χ1v) is 3.59. The molecule has 0 spiro atoms. The number of amides is 1. The fraction of sp³-hybridized carbons (Fsp3) is 0.286. The zero-order valence-corrected chi connectivity index (χ0v) is 7.46. The molecular formula is C7H8ClNO3. The minimum atomic E-state index is -0.410. The van der Waals surface area contributed by atoms with E-state index in [2.05, 4.69) is 4.84 Å². The molecule has 1 aromatic heterocycles. The third-order valence-corrected chi connectivity index (χ3v) is 1.67. The fourth-order valence-corrected chi connectivity index (χ4v) is 0.849. The van der Waals surface area contributed by atoms with E-state index < -0.39 is 5.91 Å². The molecule has 0 unspecified atom stereocenters. The van der Waals surface area contributed by atoms with Gasteiger partial charge in [-0.2, -0.15) is 0 Å². The van der Waals surface area contributed by atoms with E-state index >= 15 is 0 Å². The number of carbonyl (C=O) groups excluding carboxylic acids is 1. The summed E-state index contributed by atoms with van der Waals surface area (Å²) in [7, 11) is 2.86. The average molecular weight is 190 g/mol. The molecule has 1 rings (SSSR count). The number of halogens is 1. The smallest absolute Gasteiger partial charge is 0.314 e. The molecule has 0 aromatic carbocycles. The van der Waals surface area contributed by atoms with Crippen molar-refractivity contribution in [3.8, 4) is 0 Å². The van der Waals surface area contributed by atoms with Crippen LogP contribution in [-0.4, -0.2) is 25.1 Å². The lowest BCUT2D eigenvalue weighted by molar-refractivity contribution is -0.0773. The molecule has 0 N–H and O–H groups in total. The summed E-state index contributed by atoms with van der Waals surface area (Å²) in [5, 5.41) is 1.31. The van der Waals surface area contributed by atoms with Crippen molar-refractivity contribution in [2.24, 2.45) is 0 Å². The maximum Gasteiger partial charge on any atom is 0.314 e. The standard InChI is InChI=1S/C7H8ClNO3/c1-9(11-2)7(10)6-5(8)3-4-12-6/h3-4H,1-2H3. The summed E-state index contributed by atoms with van der Waals surface area (Å²) in [6, 6.07) is 1.50. The Kier molecular flexibility index (Phi) is 2.73. The van der Waals surface area contributed by atoms with E-state index in [1.165, 1.54) is 26.5 Å². The Bertz CT molecular complexity index is 284. The molecule has 0 atom stereocenters. The van der Waals surface area contributed by atoms with E-state index in [0.29, 0.717) is 0 Å². The third-order valence-electron chi connectivity index (χ3n) is 1.37. The summed E-state index contributed by atoms with van der Waals surface area (Å²) in [4.78, 5) is 15.9. The molecular weight excluding hydrogens is 182 g/mol. The molecule has 1 aromatic rings. The lowest BCUT2D eigenvalue weighted by Gasteiger charge is -2.11. The second-order valence-electron chi connectivity index (χ2n) is 2.08. The van der Waals surface area contributed by atoms with Gasteiger partial charge in [0.2, 0.25) is 5.76 Å². The Hall–Kier alpha value is -1.00. The predicted molar refractivity (Wildman–Crippen MR) is 42.8 cm³/mol. The van der Waals surface area contributed by atoms with Gasteiger partial charge in [-0.05, 0) is 6.07 Å². The second-order valence-corrected chi connectivity index (χ2v) is 2.49. The van der Waals surface area contributed by atoms with E-state index in [1.807, 2.05) is 0 Å². The fourth-order valence-electron chi connectivity index (χ4n) is 0.672. The zero-order chi connectivity index (χ0) is 9.14. The van der Waals surface area contributed by atoms with Crippen LogP contribution in [0.3, 0.4) is 0 Å². The van der Waals surface area contributed by atoms with Crippen molar-refractivity contribution >= 4 is 17.5 Å². The Balaban J connectivity index is 2.85. The largest absolute Gasteiger partial charge is 0.457 e. The van der Waals surface area contributed by atoms with E-state index in [4.69, 9.17) is 16.0 Å². The van der Waals surface area contributed by atoms with Crippen LogP contribution >= 0.6 is 11.6 Å². The molecule has 0 bridgehead atoms. The second kappa shape index (κ2) is 3.60. The van der Waals surface area contributed by atoms with Crippen LogP contribution in [0.2, 0.25) is 5.02 Å². The number of hydroxylamine groups is 2. The molecule has 1 amide bonds. The van der Waals surface area contributed by atoms with Crippen LogP contribution in [0.4, 0.5) is 0 Å². The summed E-state index contributed by atoms with van der Waals surface area (Å²) in [6.07, 6.45) is 1.35. The van der Waals surface area contributed by atoms with Gasteiger partial charge in [-0.15, -0.1) is 0 Å². The molecule has 0 aliphatic rings. The highest BCUT2D eigenvalue weighted by atomic mass is 35.5. The Morgan fingerprint density at radius 2 is 2.42 bits per heavy atom. The highest BCUT2D eigenvalue weighted by Crippen LogP contribution is 2.17. The van der Waals surface area contributed by atoms with Gasteiger partial charge >= 0.3 is 5.91 Å².